The Morgan fingerprint density at radius 3 is 2.40 bits per heavy atom. The minimum absolute atomic E-state index is 0.0349. The molecule has 0 aromatic heterocycles. The molecule has 7 heteroatoms. The Labute approximate surface area is 118 Å². The quantitative estimate of drug-likeness (QED) is 0.808. The van der Waals surface area contributed by atoms with Crippen molar-refractivity contribution in [3.63, 3.8) is 0 Å². The van der Waals surface area contributed by atoms with Crippen LogP contribution in [0.3, 0.4) is 0 Å². The Kier molecular flexibility index (Phi) is 4.29. The molecule has 1 N–H and O–H groups in total. The molecule has 1 aromatic carbocycles. The number of nitrogens with one attached hydrogen (secondary N) is 1. The molecule has 0 amide bonds. The van der Waals surface area contributed by atoms with Gasteiger partial charge in [-0.25, -0.2) is 8.42 Å². The van der Waals surface area contributed by atoms with E-state index in [1.54, 1.807) is 31.4 Å². The van der Waals surface area contributed by atoms with E-state index in [-0.39, 0.29) is 11.5 Å². The van der Waals surface area contributed by atoms with E-state index in [9.17, 15) is 13.2 Å². The maximum Gasteiger partial charge on any atom is 0.323 e. The Hall–Kier alpha value is -1.60. The van der Waals surface area contributed by atoms with Gasteiger partial charge >= 0.3 is 5.97 Å². The molecule has 2 rings (SSSR count). The summed E-state index contributed by atoms with van der Waals surface area (Å²) < 4.78 is 33.5. The van der Waals surface area contributed by atoms with Crippen LogP contribution in [0.2, 0.25) is 0 Å². The molecule has 1 saturated heterocycles. The number of hydrogen-bond acceptors (Lipinski definition) is 6. The Bertz CT molecular complexity index is 581. The molecule has 0 aliphatic carbocycles. The molecule has 6 nitrogen and oxygen atoms in total. The van der Waals surface area contributed by atoms with Crippen LogP contribution >= 0.6 is 0 Å². The highest BCUT2D eigenvalue weighted by Crippen LogP contribution is 2.23. The summed E-state index contributed by atoms with van der Waals surface area (Å²) in [6.07, 6.45) is 0. The van der Waals surface area contributed by atoms with Gasteiger partial charge in [0.15, 0.2) is 9.84 Å². The predicted octanol–water partition coefficient (Wildman–Crippen LogP) is 0.296. The van der Waals surface area contributed by atoms with Gasteiger partial charge in [-0.2, -0.15) is 0 Å². The molecular weight excluding hydrogens is 282 g/mol. The summed E-state index contributed by atoms with van der Waals surface area (Å²) in [4.78, 5) is 11.6. The first kappa shape index (κ1) is 14.8. The van der Waals surface area contributed by atoms with Gasteiger partial charge in [0.05, 0.1) is 25.7 Å². The zero-order chi connectivity index (χ0) is 14.8. The summed E-state index contributed by atoms with van der Waals surface area (Å²) in [6, 6.07) is 5.82. The minimum atomic E-state index is -3.29. The lowest BCUT2D eigenvalue weighted by molar-refractivity contribution is -0.142. The number of esters is 1. The van der Waals surface area contributed by atoms with Gasteiger partial charge in [0.25, 0.3) is 0 Å². The van der Waals surface area contributed by atoms with E-state index in [1.165, 1.54) is 7.11 Å². The lowest BCUT2D eigenvalue weighted by Gasteiger charge is -2.29. The highest BCUT2D eigenvalue weighted by molar-refractivity contribution is 7.91. The normalized spacial score (nSPS) is 24.9. The van der Waals surface area contributed by atoms with Crippen molar-refractivity contribution in [3.8, 4) is 5.75 Å². The number of hydrogen-bond donors (Lipinski definition) is 1. The van der Waals surface area contributed by atoms with Gasteiger partial charge < -0.3 is 9.47 Å². The van der Waals surface area contributed by atoms with Crippen LogP contribution in [0.4, 0.5) is 0 Å². The van der Waals surface area contributed by atoms with Gasteiger partial charge in [-0.3, -0.25) is 10.1 Å². The summed E-state index contributed by atoms with van der Waals surface area (Å²) in [5, 5.41) is 3.02. The summed E-state index contributed by atoms with van der Waals surface area (Å²) >= 11 is 0. The number of sulfone groups is 1. The van der Waals surface area contributed by atoms with Crippen molar-refractivity contribution in [2.75, 3.05) is 25.7 Å². The number of methoxy groups -OCH3 is 2. The first-order valence-corrected chi connectivity index (χ1v) is 7.95. The van der Waals surface area contributed by atoms with Gasteiger partial charge in [0, 0.05) is 6.04 Å². The average molecular weight is 299 g/mol. The maximum absolute atomic E-state index is 11.9. The molecular formula is C13H17NO5S. The van der Waals surface area contributed by atoms with Gasteiger partial charge in [-0.05, 0) is 17.7 Å². The first-order chi connectivity index (χ1) is 9.45. The monoisotopic (exact) mass is 299 g/mol. The zero-order valence-electron chi connectivity index (χ0n) is 11.3. The highest BCUT2D eigenvalue weighted by atomic mass is 32.2. The predicted molar refractivity (Wildman–Crippen MR) is 73.3 cm³/mol. The van der Waals surface area contributed by atoms with E-state index in [4.69, 9.17) is 4.74 Å². The van der Waals surface area contributed by atoms with Crippen LogP contribution in [0.15, 0.2) is 24.3 Å². The summed E-state index contributed by atoms with van der Waals surface area (Å²) in [7, 11) is -0.490. The average Bonchev–Trinajstić information content (AvgIpc) is 2.44. The van der Waals surface area contributed by atoms with Gasteiger partial charge in [0.1, 0.15) is 11.8 Å². The topological polar surface area (TPSA) is 81.7 Å². The van der Waals surface area contributed by atoms with Crippen molar-refractivity contribution in [1.82, 2.24) is 5.32 Å². The third kappa shape index (κ3) is 3.29. The Morgan fingerprint density at radius 1 is 1.20 bits per heavy atom. The SMILES string of the molecule is COC(=O)C1CS(=O)(=O)CC(c2ccc(OC)cc2)N1. The third-order valence-electron chi connectivity index (χ3n) is 3.25. The minimum Gasteiger partial charge on any atom is -0.497 e. The fourth-order valence-corrected chi connectivity index (χ4v) is 3.89. The number of rotatable bonds is 3. The van der Waals surface area contributed by atoms with Crippen molar-refractivity contribution >= 4 is 15.8 Å². The van der Waals surface area contributed by atoms with E-state index in [0.29, 0.717) is 5.75 Å². The molecule has 0 radical (unpaired) electrons. The van der Waals surface area contributed by atoms with E-state index in [0.717, 1.165) is 5.56 Å². The molecule has 1 aliphatic heterocycles. The standard InChI is InChI=1S/C13H17NO5S/c1-18-10-5-3-9(4-6-10)11-7-20(16,17)8-12(14-11)13(15)19-2/h3-6,11-12,14H,7-8H2,1-2H3. The fourth-order valence-electron chi connectivity index (χ4n) is 2.22. The molecule has 1 aromatic rings. The van der Waals surface area contributed by atoms with Crippen molar-refractivity contribution < 1.29 is 22.7 Å². The van der Waals surface area contributed by atoms with Crippen LogP contribution < -0.4 is 10.1 Å². The smallest absolute Gasteiger partial charge is 0.323 e. The van der Waals surface area contributed by atoms with Crippen molar-refractivity contribution in [2.45, 2.75) is 12.1 Å². The molecule has 2 atom stereocenters. The van der Waals surface area contributed by atoms with E-state index in [2.05, 4.69) is 10.1 Å². The lowest BCUT2D eigenvalue weighted by atomic mass is 10.1. The molecule has 0 bridgehead atoms. The second kappa shape index (κ2) is 5.80. The Balaban J connectivity index is 2.23. The lowest BCUT2D eigenvalue weighted by Crippen LogP contribution is -2.51. The summed E-state index contributed by atoms with van der Waals surface area (Å²) in [5.41, 5.74) is 0.794. The summed E-state index contributed by atoms with van der Waals surface area (Å²) in [6.45, 7) is 0. The summed E-state index contributed by atoms with van der Waals surface area (Å²) in [5.74, 6) is -0.136. The van der Waals surface area contributed by atoms with Crippen LogP contribution in [0, 0.1) is 0 Å². The molecule has 1 fully saturated rings. The first-order valence-electron chi connectivity index (χ1n) is 6.13. The molecule has 2 unspecified atom stereocenters. The van der Waals surface area contributed by atoms with Crippen molar-refractivity contribution in [3.05, 3.63) is 29.8 Å². The van der Waals surface area contributed by atoms with Crippen LogP contribution in [0.1, 0.15) is 11.6 Å². The highest BCUT2D eigenvalue weighted by Gasteiger charge is 2.36. The molecule has 20 heavy (non-hydrogen) atoms. The molecule has 0 spiro atoms. The molecule has 0 saturated carbocycles. The zero-order valence-corrected chi connectivity index (χ0v) is 12.1. The van der Waals surface area contributed by atoms with Crippen LogP contribution in [0.25, 0.3) is 0 Å². The van der Waals surface area contributed by atoms with Gasteiger partial charge in [-0.1, -0.05) is 12.1 Å². The van der Waals surface area contributed by atoms with Gasteiger partial charge in [0.2, 0.25) is 0 Å². The van der Waals surface area contributed by atoms with E-state index >= 15 is 0 Å². The van der Waals surface area contributed by atoms with Crippen LogP contribution in [-0.4, -0.2) is 46.2 Å². The van der Waals surface area contributed by atoms with E-state index < -0.39 is 27.9 Å². The van der Waals surface area contributed by atoms with Gasteiger partial charge in [-0.15, -0.1) is 0 Å². The number of carbonyl (C=O) groups is 1. The molecule has 1 heterocycles. The van der Waals surface area contributed by atoms with Crippen molar-refractivity contribution in [2.24, 2.45) is 0 Å². The van der Waals surface area contributed by atoms with Crippen LogP contribution in [-0.2, 0) is 19.4 Å². The molecule has 110 valence electrons. The van der Waals surface area contributed by atoms with E-state index in [1.807, 2.05) is 0 Å². The largest absolute Gasteiger partial charge is 0.497 e. The van der Waals surface area contributed by atoms with Crippen LogP contribution in [0.5, 0.6) is 5.75 Å². The number of benzene rings is 1. The Morgan fingerprint density at radius 2 is 1.85 bits per heavy atom. The molecule has 1 aliphatic rings. The van der Waals surface area contributed by atoms with Crippen molar-refractivity contribution in [1.29, 1.82) is 0 Å². The third-order valence-corrected chi connectivity index (χ3v) is 4.93. The number of carbonyl (C=O) groups excluding carboxylic acids is 1. The number of ether oxygens (including phenoxy) is 2. The fraction of sp³-hybridized carbons (Fsp3) is 0.462. The second-order valence-electron chi connectivity index (χ2n) is 4.65. The maximum atomic E-state index is 11.9. The second-order valence-corrected chi connectivity index (χ2v) is 6.80.